The van der Waals surface area contributed by atoms with Gasteiger partial charge in [0.25, 0.3) is 0 Å². The van der Waals surface area contributed by atoms with Crippen molar-refractivity contribution in [1.29, 1.82) is 0 Å². The van der Waals surface area contributed by atoms with Crippen molar-refractivity contribution in [2.75, 3.05) is 0 Å². The van der Waals surface area contributed by atoms with Gasteiger partial charge in [-0.05, 0) is 101 Å². The Balaban J connectivity index is 1.27. The van der Waals surface area contributed by atoms with Gasteiger partial charge in [-0.2, -0.15) is 0 Å². The molecule has 7 aromatic rings. The fraction of sp³-hybridized carbons (Fsp3) is 0.167. The van der Waals surface area contributed by atoms with Crippen LogP contribution in [0.4, 0.5) is 0 Å². The molecule has 3 nitrogen and oxygen atoms in total. The summed E-state index contributed by atoms with van der Waals surface area (Å²) in [5.74, 6) is 0. The fourth-order valence-electron chi connectivity index (χ4n) is 6.21. The molecule has 0 aliphatic carbocycles. The molecule has 0 amide bonds. The van der Waals surface area contributed by atoms with Crippen LogP contribution in [-0.2, 0) is 9.31 Å². The van der Waals surface area contributed by atoms with Gasteiger partial charge in [-0.1, -0.05) is 78.9 Å². The van der Waals surface area contributed by atoms with Crippen molar-refractivity contribution in [3.63, 3.8) is 0 Å². The van der Waals surface area contributed by atoms with Crippen molar-refractivity contribution in [1.82, 2.24) is 0 Å². The first kappa shape index (κ1) is 23.7. The molecule has 0 bridgehead atoms. The molecule has 1 saturated heterocycles. The Morgan fingerprint density at radius 3 is 1.95 bits per heavy atom. The molecule has 0 radical (unpaired) electrons. The first-order valence-electron chi connectivity index (χ1n) is 13.9. The molecular weight excluding hydrogens is 491 g/mol. The second kappa shape index (κ2) is 8.20. The van der Waals surface area contributed by atoms with E-state index >= 15 is 0 Å². The lowest BCUT2D eigenvalue weighted by atomic mass is 9.76. The lowest BCUT2D eigenvalue weighted by Crippen LogP contribution is -2.41. The number of rotatable bonds is 2. The van der Waals surface area contributed by atoms with Crippen LogP contribution < -0.4 is 5.46 Å². The SMILES string of the molecule is CC1(C)OB(c2cccc3oc4ccc(-c5ccc6c(ccc7c8ccccc8ccc67)c5)cc4c23)OC1(C)C. The summed E-state index contributed by atoms with van der Waals surface area (Å²) in [7, 11) is -0.455. The van der Waals surface area contributed by atoms with Crippen LogP contribution in [0.5, 0.6) is 0 Å². The second-order valence-corrected chi connectivity index (χ2v) is 12.0. The number of fused-ring (bicyclic) bond motifs is 8. The average molecular weight is 520 g/mol. The average Bonchev–Trinajstić information content (AvgIpc) is 3.44. The fourth-order valence-corrected chi connectivity index (χ4v) is 6.21. The monoisotopic (exact) mass is 520 g/mol. The summed E-state index contributed by atoms with van der Waals surface area (Å²) >= 11 is 0. The number of hydrogen-bond acceptors (Lipinski definition) is 3. The highest BCUT2D eigenvalue weighted by atomic mass is 16.7. The minimum Gasteiger partial charge on any atom is -0.456 e. The number of benzene rings is 6. The molecule has 0 saturated carbocycles. The zero-order valence-corrected chi connectivity index (χ0v) is 23.1. The van der Waals surface area contributed by atoms with Gasteiger partial charge >= 0.3 is 7.12 Å². The Kier molecular flexibility index (Phi) is 4.87. The van der Waals surface area contributed by atoms with Crippen molar-refractivity contribution in [2.24, 2.45) is 0 Å². The van der Waals surface area contributed by atoms with Crippen molar-refractivity contribution >= 4 is 66.8 Å². The molecule has 194 valence electrons. The van der Waals surface area contributed by atoms with Crippen LogP contribution in [0.2, 0.25) is 0 Å². The van der Waals surface area contributed by atoms with Gasteiger partial charge in [0.1, 0.15) is 11.2 Å². The third-order valence-electron chi connectivity index (χ3n) is 9.11. The molecule has 0 atom stereocenters. The number of furan rings is 1. The summed E-state index contributed by atoms with van der Waals surface area (Å²) < 4.78 is 19.2. The molecule has 8 rings (SSSR count). The van der Waals surface area contributed by atoms with E-state index in [1.165, 1.54) is 37.9 Å². The highest BCUT2D eigenvalue weighted by Crippen LogP contribution is 2.39. The van der Waals surface area contributed by atoms with Gasteiger partial charge in [0.15, 0.2) is 0 Å². The van der Waals surface area contributed by atoms with Crippen LogP contribution in [0.3, 0.4) is 0 Å². The minimum atomic E-state index is -0.455. The molecule has 0 unspecified atom stereocenters. The maximum atomic E-state index is 6.44. The van der Waals surface area contributed by atoms with E-state index in [1.807, 2.05) is 12.1 Å². The molecule has 40 heavy (non-hydrogen) atoms. The predicted molar refractivity (Wildman–Crippen MR) is 167 cm³/mol. The van der Waals surface area contributed by atoms with Crippen molar-refractivity contribution in [3.8, 4) is 11.1 Å². The van der Waals surface area contributed by atoms with Crippen molar-refractivity contribution in [2.45, 2.75) is 38.9 Å². The third-order valence-corrected chi connectivity index (χ3v) is 9.11. The molecule has 2 heterocycles. The molecular formula is C36H29BO3. The van der Waals surface area contributed by atoms with Gasteiger partial charge < -0.3 is 13.7 Å². The van der Waals surface area contributed by atoms with Crippen molar-refractivity contribution < 1.29 is 13.7 Å². The Labute approximate surface area is 233 Å². The first-order chi connectivity index (χ1) is 19.3. The summed E-state index contributed by atoms with van der Waals surface area (Å²) in [6, 6.07) is 37.0. The zero-order valence-electron chi connectivity index (χ0n) is 23.1. The topological polar surface area (TPSA) is 31.6 Å². The zero-order chi connectivity index (χ0) is 27.2. The van der Waals surface area contributed by atoms with E-state index in [9.17, 15) is 0 Å². The minimum absolute atomic E-state index is 0.411. The van der Waals surface area contributed by atoms with Crippen LogP contribution in [0.15, 0.2) is 108 Å². The standard InChI is InChI=1S/C36H29BO3/c1-35(2)36(3,4)40-37(39-35)31-10-7-11-33-34(31)30-21-24(15-19-32(30)38-33)23-13-16-27-25(20-23)14-18-28-26-9-6-5-8-22(26)12-17-29(27)28/h5-21H,1-4H3. The Morgan fingerprint density at radius 1 is 0.500 bits per heavy atom. The van der Waals surface area contributed by atoms with Crippen LogP contribution in [0.25, 0.3) is 65.4 Å². The van der Waals surface area contributed by atoms with Crippen LogP contribution in [0.1, 0.15) is 27.7 Å². The van der Waals surface area contributed by atoms with Gasteiger partial charge in [0.05, 0.1) is 11.2 Å². The van der Waals surface area contributed by atoms with Gasteiger partial charge in [-0.25, -0.2) is 0 Å². The summed E-state index contributed by atoms with van der Waals surface area (Å²) in [6.07, 6.45) is 0. The highest BCUT2D eigenvalue weighted by Gasteiger charge is 2.52. The lowest BCUT2D eigenvalue weighted by Gasteiger charge is -2.32. The molecule has 1 aromatic heterocycles. The van der Waals surface area contributed by atoms with Gasteiger partial charge in [-0.3, -0.25) is 0 Å². The Hall–Kier alpha value is -4.12. The van der Waals surface area contributed by atoms with Crippen LogP contribution in [0, 0.1) is 0 Å². The van der Waals surface area contributed by atoms with Gasteiger partial charge in [0, 0.05) is 10.8 Å². The molecule has 1 fully saturated rings. The number of hydrogen-bond donors (Lipinski definition) is 0. The molecule has 1 aliphatic heterocycles. The summed E-state index contributed by atoms with van der Waals surface area (Å²) in [5, 5.41) is 9.76. The van der Waals surface area contributed by atoms with E-state index in [0.29, 0.717) is 0 Å². The van der Waals surface area contributed by atoms with Crippen LogP contribution in [-0.4, -0.2) is 18.3 Å². The van der Waals surface area contributed by atoms with Gasteiger partial charge in [-0.15, -0.1) is 0 Å². The highest BCUT2D eigenvalue weighted by molar-refractivity contribution is 6.66. The molecule has 0 N–H and O–H groups in total. The van der Waals surface area contributed by atoms with Gasteiger partial charge in [0.2, 0.25) is 0 Å². The van der Waals surface area contributed by atoms with Crippen molar-refractivity contribution in [3.05, 3.63) is 103 Å². The van der Waals surface area contributed by atoms with E-state index in [0.717, 1.165) is 33.0 Å². The van der Waals surface area contributed by atoms with E-state index in [-0.39, 0.29) is 0 Å². The predicted octanol–water partition coefficient (Wildman–Crippen LogP) is 9.01. The maximum absolute atomic E-state index is 6.44. The van der Waals surface area contributed by atoms with Crippen LogP contribution >= 0.6 is 0 Å². The third kappa shape index (κ3) is 3.40. The summed E-state index contributed by atoms with van der Waals surface area (Å²) in [6.45, 7) is 8.35. The molecule has 6 aromatic carbocycles. The van der Waals surface area contributed by atoms with E-state index in [1.54, 1.807) is 0 Å². The second-order valence-electron chi connectivity index (χ2n) is 12.0. The van der Waals surface area contributed by atoms with E-state index < -0.39 is 18.3 Å². The quantitative estimate of drug-likeness (QED) is 0.168. The molecule has 1 aliphatic rings. The Morgan fingerprint density at radius 2 is 1.15 bits per heavy atom. The molecule has 4 heteroatoms. The largest absolute Gasteiger partial charge is 0.495 e. The summed E-state index contributed by atoms with van der Waals surface area (Å²) in [4.78, 5) is 0. The van der Waals surface area contributed by atoms with E-state index in [4.69, 9.17) is 13.7 Å². The Bertz CT molecular complexity index is 2120. The lowest BCUT2D eigenvalue weighted by molar-refractivity contribution is 0.00578. The smallest absolute Gasteiger partial charge is 0.456 e. The van der Waals surface area contributed by atoms with E-state index in [2.05, 4.69) is 119 Å². The first-order valence-corrected chi connectivity index (χ1v) is 13.9. The summed E-state index contributed by atoms with van der Waals surface area (Å²) in [5.41, 5.74) is 4.22. The molecule has 0 spiro atoms. The normalized spacial score (nSPS) is 16.6. The maximum Gasteiger partial charge on any atom is 0.495 e.